The molecule has 1 heterocycles. The molecule has 1 saturated heterocycles. The van der Waals surface area contributed by atoms with Crippen molar-refractivity contribution in [3.05, 3.63) is 33.9 Å². The number of nitrogen functional groups attached to an aromatic ring is 1. The highest BCUT2D eigenvalue weighted by atomic mass is 32.2. The van der Waals surface area contributed by atoms with Crippen LogP contribution in [0.2, 0.25) is 0 Å². The van der Waals surface area contributed by atoms with Gasteiger partial charge in [-0.25, -0.2) is 8.42 Å². The lowest BCUT2D eigenvalue weighted by molar-refractivity contribution is -0.383. The van der Waals surface area contributed by atoms with Gasteiger partial charge in [-0.3, -0.25) is 14.9 Å². The summed E-state index contributed by atoms with van der Waals surface area (Å²) < 4.78 is 23.0. The summed E-state index contributed by atoms with van der Waals surface area (Å²) in [4.78, 5) is 22.3. The van der Waals surface area contributed by atoms with E-state index in [1.54, 1.807) is 6.92 Å². The third kappa shape index (κ3) is 3.13. The zero-order valence-corrected chi connectivity index (χ0v) is 12.1. The minimum absolute atomic E-state index is 0.00813. The number of nitro groups is 1. The van der Waals surface area contributed by atoms with Crippen LogP contribution in [0.1, 0.15) is 23.7 Å². The smallest absolute Gasteiger partial charge is 0.292 e. The van der Waals surface area contributed by atoms with Gasteiger partial charge < -0.3 is 11.1 Å². The van der Waals surface area contributed by atoms with E-state index in [9.17, 15) is 23.3 Å². The predicted molar refractivity (Wildman–Crippen MR) is 76.7 cm³/mol. The molecule has 0 saturated carbocycles. The number of hydrogen-bond donors (Lipinski definition) is 2. The molecule has 0 radical (unpaired) electrons. The van der Waals surface area contributed by atoms with Crippen LogP contribution in [0.15, 0.2) is 18.2 Å². The van der Waals surface area contributed by atoms with Crippen molar-refractivity contribution in [3.63, 3.8) is 0 Å². The summed E-state index contributed by atoms with van der Waals surface area (Å²) in [7, 11) is -3.17. The lowest BCUT2D eigenvalue weighted by atomic mass is 10.0. The normalized spacial score (nSPS) is 23.7. The molecule has 9 heteroatoms. The summed E-state index contributed by atoms with van der Waals surface area (Å²) in [5.74, 6) is -0.759. The van der Waals surface area contributed by atoms with Gasteiger partial charge in [-0.15, -0.1) is 0 Å². The van der Waals surface area contributed by atoms with Crippen molar-refractivity contribution >= 4 is 27.1 Å². The van der Waals surface area contributed by atoms with E-state index in [1.807, 2.05) is 0 Å². The van der Waals surface area contributed by atoms with E-state index in [2.05, 4.69) is 5.32 Å². The number of rotatable bonds is 3. The molecule has 114 valence electrons. The molecular formula is C12H15N3O5S. The SMILES string of the molecule is CC1(NC(=O)c2cccc([N+](=O)[O-])c2N)CCS(=O)(=O)C1. The summed E-state index contributed by atoms with van der Waals surface area (Å²) in [5, 5.41) is 13.4. The van der Waals surface area contributed by atoms with Gasteiger partial charge in [0.05, 0.1) is 27.5 Å². The maximum Gasteiger partial charge on any atom is 0.292 e. The van der Waals surface area contributed by atoms with Crippen molar-refractivity contribution in [3.8, 4) is 0 Å². The summed E-state index contributed by atoms with van der Waals surface area (Å²) >= 11 is 0. The second-order valence-electron chi connectivity index (χ2n) is 5.35. The van der Waals surface area contributed by atoms with Gasteiger partial charge in [-0.05, 0) is 19.4 Å². The van der Waals surface area contributed by atoms with E-state index in [-0.39, 0.29) is 28.4 Å². The highest BCUT2D eigenvalue weighted by molar-refractivity contribution is 7.91. The number of para-hydroxylation sites is 1. The van der Waals surface area contributed by atoms with Crippen molar-refractivity contribution in [1.29, 1.82) is 0 Å². The van der Waals surface area contributed by atoms with Crippen molar-refractivity contribution in [2.24, 2.45) is 0 Å². The van der Waals surface area contributed by atoms with E-state index in [0.29, 0.717) is 6.42 Å². The second kappa shape index (κ2) is 4.99. The quantitative estimate of drug-likeness (QED) is 0.474. The number of anilines is 1. The fourth-order valence-electron chi connectivity index (χ4n) is 2.36. The fourth-order valence-corrected chi connectivity index (χ4v) is 4.45. The first kappa shape index (κ1) is 15.2. The van der Waals surface area contributed by atoms with E-state index < -0.39 is 26.2 Å². The lowest BCUT2D eigenvalue weighted by Crippen LogP contribution is -2.47. The first-order valence-electron chi connectivity index (χ1n) is 6.19. The van der Waals surface area contributed by atoms with Crippen molar-refractivity contribution in [2.45, 2.75) is 18.9 Å². The topological polar surface area (TPSA) is 132 Å². The monoisotopic (exact) mass is 313 g/mol. The second-order valence-corrected chi connectivity index (χ2v) is 7.54. The highest BCUT2D eigenvalue weighted by Crippen LogP contribution is 2.27. The molecule has 1 amide bonds. The zero-order valence-electron chi connectivity index (χ0n) is 11.3. The Labute approximate surface area is 121 Å². The molecule has 1 atom stereocenters. The molecule has 1 aromatic carbocycles. The molecule has 0 bridgehead atoms. The maximum absolute atomic E-state index is 12.2. The molecule has 1 fully saturated rings. The van der Waals surface area contributed by atoms with Crippen molar-refractivity contribution < 1.29 is 18.1 Å². The van der Waals surface area contributed by atoms with Crippen LogP contribution in [0, 0.1) is 10.1 Å². The average molecular weight is 313 g/mol. The summed E-state index contributed by atoms with van der Waals surface area (Å²) in [6.07, 6.45) is 0.301. The minimum atomic E-state index is -3.17. The third-order valence-corrected chi connectivity index (χ3v) is 5.35. The largest absolute Gasteiger partial charge is 0.393 e. The number of nitrogens with one attached hydrogen (secondary N) is 1. The lowest BCUT2D eigenvalue weighted by Gasteiger charge is -2.24. The number of sulfone groups is 1. The van der Waals surface area contributed by atoms with Gasteiger partial charge in [0.15, 0.2) is 9.84 Å². The van der Waals surface area contributed by atoms with Crippen LogP contribution in [-0.2, 0) is 9.84 Å². The number of nitro benzene ring substituents is 1. The Kier molecular flexibility index (Phi) is 3.62. The summed E-state index contributed by atoms with van der Waals surface area (Å²) in [5.41, 5.74) is 4.13. The fraction of sp³-hybridized carbons (Fsp3) is 0.417. The molecule has 0 spiro atoms. The molecule has 0 aliphatic carbocycles. The molecule has 0 aromatic heterocycles. The van der Waals surface area contributed by atoms with Gasteiger partial charge in [0, 0.05) is 6.07 Å². The molecule has 1 aliphatic rings. The number of hydrogen-bond acceptors (Lipinski definition) is 6. The van der Waals surface area contributed by atoms with Crippen molar-refractivity contribution in [1.82, 2.24) is 5.32 Å². The minimum Gasteiger partial charge on any atom is -0.393 e. The number of nitrogens with zero attached hydrogens (tertiary/aromatic N) is 1. The van der Waals surface area contributed by atoms with Crippen LogP contribution in [0.4, 0.5) is 11.4 Å². The van der Waals surface area contributed by atoms with Crippen LogP contribution in [0.3, 0.4) is 0 Å². The Balaban J connectivity index is 2.26. The van der Waals surface area contributed by atoms with Crippen LogP contribution >= 0.6 is 0 Å². The van der Waals surface area contributed by atoms with E-state index in [4.69, 9.17) is 5.73 Å². The molecule has 3 N–H and O–H groups in total. The Morgan fingerprint density at radius 3 is 2.67 bits per heavy atom. The Morgan fingerprint density at radius 2 is 2.14 bits per heavy atom. The standard InChI is InChI=1S/C12H15N3O5S/c1-12(5-6-21(19,20)7-12)14-11(16)8-3-2-4-9(10(8)13)15(17)18/h2-4H,5-7,13H2,1H3,(H,14,16). The number of carbonyl (C=O) groups is 1. The molecule has 8 nitrogen and oxygen atoms in total. The molecular weight excluding hydrogens is 298 g/mol. The van der Waals surface area contributed by atoms with Gasteiger partial charge in [0.2, 0.25) is 0 Å². The van der Waals surface area contributed by atoms with Crippen LogP contribution in [-0.4, -0.2) is 36.3 Å². The van der Waals surface area contributed by atoms with Gasteiger partial charge >= 0.3 is 0 Å². The molecule has 1 aromatic rings. The number of amides is 1. The van der Waals surface area contributed by atoms with Crippen LogP contribution in [0.25, 0.3) is 0 Å². The number of benzene rings is 1. The van der Waals surface area contributed by atoms with E-state index in [0.717, 1.165) is 0 Å². The van der Waals surface area contributed by atoms with Crippen LogP contribution in [0.5, 0.6) is 0 Å². The molecule has 2 rings (SSSR count). The van der Waals surface area contributed by atoms with Gasteiger partial charge in [0.25, 0.3) is 11.6 Å². The zero-order chi connectivity index (χ0) is 15.8. The van der Waals surface area contributed by atoms with E-state index in [1.165, 1.54) is 18.2 Å². The Morgan fingerprint density at radius 1 is 1.48 bits per heavy atom. The predicted octanol–water partition coefficient (Wildman–Crippen LogP) is 0.484. The first-order valence-corrected chi connectivity index (χ1v) is 8.01. The summed E-state index contributed by atoms with van der Waals surface area (Å²) in [6.45, 7) is 1.63. The summed E-state index contributed by atoms with van der Waals surface area (Å²) in [6, 6.07) is 3.93. The number of carbonyl (C=O) groups excluding carboxylic acids is 1. The third-order valence-electron chi connectivity index (χ3n) is 3.44. The number of nitrogens with two attached hydrogens (primary N) is 1. The first-order chi connectivity index (χ1) is 9.64. The van der Waals surface area contributed by atoms with Crippen LogP contribution < -0.4 is 11.1 Å². The van der Waals surface area contributed by atoms with Gasteiger partial charge in [-0.2, -0.15) is 0 Å². The molecule has 1 unspecified atom stereocenters. The van der Waals surface area contributed by atoms with Crippen molar-refractivity contribution in [2.75, 3.05) is 17.2 Å². The Hall–Kier alpha value is -2.16. The van der Waals surface area contributed by atoms with Gasteiger partial charge in [0.1, 0.15) is 5.69 Å². The molecule has 21 heavy (non-hydrogen) atoms. The Bertz CT molecular complexity index is 716. The van der Waals surface area contributed by atoms with E-state index >= 15 is 0 Å². The average Bonchev–Trinajstić information content (AvgIpc) is 2.62. The maximum atomic E-state index is 12.2. The van der Waals surface area contributed by atoms with Gasteiger partial charge in [-0.1, -0.05) is 6.07 Å². The highest BCUT2D eigenvalue weighted by Gasteiger charge is 2.40. The molecule has 1 aliphatic heterocycles.